The summed E-state index contributed by atoms with van der Waals surface area (Å²) in [4.78, 5) is 13.4. The molecule has 3 aromatic carbocycles. The van der Waals surface area contributed by atoms with Crippen molar-refractivity contribution in [2.24, 2.45) is 0 Å². The Morgan fingerprint density at radius 2 is 1.71 bits per heavy atom. The highest BCUT2D eigenvalue weighted by molar-refractivity contribution is 5.99. The molecular weight excluding hydrogens is 352 g/mol. The molecule has 0 aromatic heterocycles. The van der Waals surface area contributed by atoms with Gasteiger partial charge >= 0.3 is 0 Å². The molecular formula is C23H20N2O3. The fourth-order valence-electron chi connectivity index (χ4n) is 4.73. The molecule has 0 bridgehead atoms. The molecule has 0 radical (unpaired) electrons. The lowest BCUT2D eigenvalue weighted by Gasteiger charge is -2.46. The third-order valence-corrected chi connectivity index (χ3v) is 6.28. The third kappa shape index (κ3) is 1.91. The average molecular weight is 372 g/mol. The van der Waals surface area contributed by atoms with Crippen molar-refractivity contribution in [3.63, 3.8) is 0 Å². The van der Waals surface area contributed by atoms with Gasteiger partial charge in [0.1, 0.15) is 5.75 Å². The minimum Gasteiger partial charge on any atom is -0.462 e. The minimum absolute atomic E-state index is 0.0980. The van der Waals surface area contributed by atoms with Gasteiger partial charge in [-0.3, -0.25) is 10.1 Å². The number of non-ortho nitro benzene ring substituents is 1. The summed E-state index contributed by atoms with van der Waals surface area (Å²) in [7, 11) is 2.04. The lowest BCUT2D eigenvalue weighted by molar-refractivity contribution is -0.383. The van der Waals surface area contributed by atoms with Crippen molar-refractivity contribution in [1.82, 2.24) is 0 Å². The number of nitro benzene ring substituents is 1. The lowest BCUT2D eigenvalue weighted by Crippen LogP contribution is -2.58. The van der Waals surface area contributed by atoms with Gasteiger partial charge in [-0.15, -0.1) is 0 Å². The highest BCUT2D eigenvalue weighted by Gasteiger charge is 2.57. The molecule has 5 rings (SSSR count). The number of fused-ring (bicyclic) bond motifs is 4. The predicted molar refractivity (Wildman–Crippen MR) is 111 cm³/mol. The Kier molecular flexibility index (Phi) is 3.21. The molecule has 3 aromatic rings. The van der Waals surface area contributed by atoms with Gasteiger partial charge in [0.25, 0.3) is 5.69 Å². The van der Waals surface area contributed by atoms with E-state index in [2.05, 4.69) is 30.9 Å². The van der Waals surface area contributed by atoms with Crippen molar-refractivity contribution in [2.75, 3.05) is 11.9 Å². The maximum absolute atomic E-state index is 11.6. The van der Waals surface area contributed by atoms with E-state index < -0.39 is 5.72 Å². The van der Waals surface area contributed by atoms with E-state index in [1.54, 1.807) is 12.1 Å². The highest BCUT2D eigenvalue weighted by Crippen LogP contribution is 2.55. The first-order chi connectivity index (χ1) is 13.4. The fourth-order valence-corrected chi connectivity index (χ4v) is 4.73. The van der Waals surface area contributed by atoms with Crippen molar-refractivity contribution in [1.29, 1.82) is 0 Å². The molecule has 0 N–H and O–H groups in total. The zero-order chi connectivity index (χ0) is 19.7. The van der Waals surface area contributed by atoms with Crippen molar-refractivity contribution < 1.29 is 9.66 Å². The van der Waals surface area contributed by atoms with Crippen molar-refractivity contribution in [3.8, 4) is 5.75 Å². The Balaban J connectivity index is 1.77. The van der Waals surface area contributed by atoms with Crippen LogP contribution in [-0.2, 0) is 5.41 Å². The van der Waals surface area contributed by atoms with Crippen molar-refractivity contribution in [2.45, 2.75) is 25.0 Å². The van der Waals surface area contributed by atoms with Crippen LogP contribution in [-0.4, -0.2) is 17.7 Å². The van der Waals surface area contributed by atoms with Gasteiger partial charge in [0.15, 0.2) is 0 Å². The van der Waals surface area contributed by atoms with Gasteiger partial charge in [0, 0.05) is 29.8 Å². The van der Waals surface area contributed by atoms with E-state index in [4.69, 9.17) is 4.74 Å². The first-order valence-corrected chi connectivity index (χ1v) is 9.28. The lowest BCUT2D eigenvalue weighted by atomic mass is 9.76. The van der Waals surface area contributed by atoms with E-state index in [0.717, 1.165) is 16.6 Å². The fraction of sp³-hybridized carbons (Fsp3) is 0.217. The first-order valence-electron chi connectivity index (χ1n) is 9.28. The number of nitro groups is 1. The summed E-state index contributed by atoms with van der Waals surface area (Å²) >= 11 is 0. The van der Waals surface area contributed by atoms with Crippen LogP contribution >= 0.6 is 0 Å². The zero-order valence-electron chi connectivity index (χ0n) is 16.0. The Bertz CT molecular complexity index is 1180. The SMILES string of the molecule is CN1c2ccccc2C(C)(C)C12C=Cc1cc([N+](=O)[O-])c3ccccc3c1O2. The van der Waals surface area contributed by atoms with Crippen LogP contribution in [0.3, 0.4) is 0 Å². The number of rotatable bonds is 1. The molecule has 2 heterocycles. The van der Waals surface area contributed by atoms with Crippen LogP contribution in [0.1, 0.15) is 25.0 Å². The minimum atomic E-state index is -0.706. The number of ether oxygens (including phenoxy) is 1. The second-order valence-electron chi connectivity index (χ2n) is 7.95. The van der Waals surface area contributed by atoms with Crippen LogP contribution in [0.25, 0.3) is 16.8 Å². The molecule has 0 fully saturated rings. The summed E-state index contributed by atoms with van der Waals surface area (Å²) in [6.07, 6.45) is 4.00. The molecule has 1 spiro atoms. The van der Waals surface area contributed by atoms with Gasteiger partial charge < -0.3 is 9.64 Å². The van der Waals surface area contributed by atoms with E-state index in [0.29, 0.717) is 11.1 Å². The first kappa shape index (κ1) is 16.8. The Morgan fingerprint density at radius 3 is 2.43 bits per heavy atom. The molecule has 5 nitrogen and oxygen atoms in total. The average Bonchev–Trinajstić information content (AvgIpc) is 2.86. The topological polar surface area (TPSA) is 55.6 Å². The zero-order valence-corrected chi connectivity index (χ0v) is 16.0. The van der Waals surface area contributed by atoms with Crippen LogP contribution < -0.4 is 9.64 Å². The number of hydrogen-bond donors (Lipinski definition) is 0. The van der Waals surface area contributed by atoms with Crippen molar-refractivity contribution >= 4 is 28.2 Å². The third-order valence-electron chi connectivity index (χ3n) is 6.28. The summed E-state index contributed by atoms with van der Waals surface area (Å²) in [6.45, 7) is 4.36. The van der Waals surface area contributed by atoms with E-state index >= 15 is 0 Å². The molecule has 2 aliphatic heterocycles. The summed E-state index contributed by atoms with van der Waals surface area (Å²) < 4.78 is 6.75. The smallest absolute Gasteiger partial charge is 0.278 e. The molecule has 28 heavy (non-hydrogen) atoms. The summed E-state index contributed by atoms with van der Waals surface area (Å²) in [5, 5.41) is 12.9. The number of likely N-dealkylation sites (N-methyl/N-ethyl adjacent to an activating group) is 1. The second-order valence-corrected chi connectivity index (χ2v) is 7.95. The standard InChI is InChI=1S/C23H20N2O3/c1-22(2)18-10-6-7-11-19(18)24(3)23(22)13-12-15-14-20(25(26)27)16-8-4-5-9-17(16)21(15)28-23/h4-14H,1-3H3. The predicted octanol–water partition coefficient (Wildman–Crippen LogP) is 5.28. The van der Waals surface area contributed by atoms with E-state index in [-0.39, 0.29) is 16.0 Å². The summed E-state index contributed by atoms with van der Waals surface area (Å²) in [5.41, 5.74) is 2.17. The number of anilines is 1. The highest BCUT2D eigenvalue weighted by atomic mass is 16.6. The number of benzene rings is 3. The van der Waals surface area contributed by atoms with Gasteiger partial charge in [-0.25, -0.2) is 0 Å². The summed E-state index contributed by atoms with van der Waals surface area (Å²) in [6, 6.07) is 17.3. The van der Waals surface area contributed by atoms with Gasteiger partial charge in [0.05, 0.1) is 15.7 Å². The Hall–Kier alpha value is -3.34. The van der Waals surface area contributed by atoms with Crippen molar-refractivity contribution in [3.05, 3.63) is 81.9 Å². The number of hydrogen-bond acceptors (Lipinski definition) is 4. The number of para-hydroxylation sites is 1. The molecule has 1 unspecified atom stereocenters. The van der Waals surface area contributed by atoms with E-state index in [1.165, 1.54) is 5.56 Å². The molecule has 0 saturated heterocycles. The molecule has 1 atom stereocenters. The largest absolute Gasteiger partial charge is 0.462 e. The maximum Gasteiger partial charge on any atom is 0.278 e. The van der Waals surface area contributed by atoms with Gasteiger partial charge in [-0.05, 0) is 43.7 Å². The molecule has 2 aliphatic rings. The molecule has 140 valence electrons. The van der Waals surface area contributed by atoms with Gasteiger partial charge in [-0.1, -0.05) is 36.4 Å². The van der Waals surface area contributed by atoms with Crippen LogP contribution in [0.5, 0.6) is 5.75 Å². The van der Waals surface area contributed by atoms with Crippen LogP contribution in [0, 0.1) is 10.1 Å². The van der Waals surface area contributed by atoms with Crippen LogP contribution in [0.4, 0.5) is 11.4 Å². The maximum atomic E-state index is 11.6. The van der Waals surface area contributed by atoms with Gasteiger partial charge in [0.2, 0.25) is 5.72 Å². The van der Waals surface area contributed by atoms with Crippen LogP contribution in [0.15, 0.2) is 60.7 Å². The molecule has 5 heteroatoms. The molecule has 0 amide bonds. The Morgan fingerprint density at radius 1 is 1.04 bits per heavy atom. The quantitative estimate of drug-likeness (QED) is 0.431. The number of nitrogens with zero attached hydrogens (tertiary/aromatic N) is 2. The normalized spacial score (nSPS) is 21.5. The Labute approximate surface area is 163 Å². The molecule has 0 saturated carbocycles. The van der Waals surface area contributed by atoms with E-state index in [1.807, 2.05) is 49.5 Å². The van der Waals surface area contributed by atoms with Gasteiger partial charge in [-0.2, -0.15) is 0 Å². The summed E-state index contributed by atoms with van der Waals surface area (Å²) in [5.74, 6) is 0.691. The van der Waals surface area contributed by atoms with E-state index in [9.17, 15) is 10.1 Å². The van der Waals surface area contributed by atoms with Crippen LogP contribution in [0.2, 0.25) is 0 Å². The monoisotopic (exact) mass is 372 g/mol. The molecule has 0 aliphatic carbocycles. The second kappa shape index (κ2) is 5.35.